The van der Waals surface area contributed by atoms with E-state index in [1.165, 1.54) is 50.3 Å². The maximum absolute atomic E-state index is 13.9. The molecule has 0 aliphatic rings. The highest BCUT2D eigenvalue weighted by Crippen LogP contribution is 2.24. The second-order valence-electron chi connectivity index (χ2n) is 5.83. The lowest BCUT2D eigenvalue weighted by Crippen LogP contribution is -2.28. The smallest absolute Gasteiger partial charge is 0.255 e. The molecule has 0 radical (unpaired) electrons. The van der Waals surface area contributed by atoms with Crippen molar-refractivity contribution in [2.24, 2.45) is 0 Å². The van der Waals surface area contributed by atoms with Crippen LogP contribution in [0.3, 0.4) is 0 Å². The number of carbonyl (C=O) groups excluding carboxylic acids is 1. The van der Waals surface area contributed by atoms with Gasteiger partial charge in [0.1, 0.15) is 5.82 Å². The first-order valence-electron chi connectivity index (χ1n) is 7.45. The topological polar surface area (TPSA) is 57.7 Å². The molecule has 0 spiro atoms. The second kappa shape index (κ2) is 8.04. The number of sulfonamides is 1. The molecule has 140 valence electrons. The van der Waals surface area contributed by atoms with Crippen molar-refractivity contribution >= 4 is 43.5 Å². The van der Waals surface area contributed by atoms with E-state index < -0.39 is 21.7 Å². The molecule has 0 aliphatic heterocycles. The van der Waals surface area contributed by atoms with Crippen LogP contribution in [0.1, 0.15) is 15.9 Å². The standard InChI is InChI=1S/C17H17BrClFN2O3S/c1-21(2)26(24,25)13-5-6-15(19)14(9-13)17(23)22(3)10-11-8-12(18)4-7-16(11)20/h4-9H,10H2,1-3H3. The normalized spacial score (nSPS) is 11.7. The van der Waals surface area contributed by atoms with Crippen molar-refractivity contribution in [3.05, 3.63) is 62.8 Å². The molecule has 0 aliphatic carbocycles. The van der Waals surface area contributed by atoms with Crippen LogP contribution in [0.15, 0.2) is 45.8 Å². The Morgan fingerprint density at radius 1 is 1.15 bits per heavy atom. The molecule has 0 N–H and O–H groups in total. The van der Waals surface area contributed by atoms with E-state index in [0.717, 1.165) is 4.31 Å². The van der Waals surface area contributed by atoms with Gasteiger partial charge in [-0.3, -0.25) is 4.79 Å². The van der Waals surface area contributed by atoms with Gasteiger partial charge >= 0.3 is 0 Å². The Hall–Kier alpha value is -1.48. The molecular formula is C17H17BrClFN2O3S. The summed E-state index contributed by atoms with van der Waals surface area (Å²) in [6.45, 7) is 0.00505. The van der Waals surface area contributed by atoms with E-state index in [2.05, 4.69) is 15.9 Å². The summed E-state index contributed by atoms with van der Waals surface area (Å²) in [5, 5.41) is 0.120. The summed E-state index contributed by atoms with van der Waals surface area (Å²) in [4.78, 5) is 13.9. The van der Waals surface area contributed by atoms with Crippen LogP contribution >= 0.6 is 27.5 Å². The Labute approximate surface area is 165 Å². The molecule has 5 nitrogen and oxygen atoms in total. The van der Waals surface area contributed by atoms with Gasteiger partial charge in [0.15, 0.2) is 0 Å². The fraction of sp³-hybridized carbons (Fsp3) is 0.235. The molecule has 0 aromatic heterocycles. The minimum absolute atomic E-state index is 0.00505. The van der Waals surface area contributed by atoms with Crippen LogP contribution in [-0.4, -0.2) is 44.7 Å². The predicted molar refractivity (Wildman–Crippen MR) is 102 cm³/mol. The van der Waals surface area contributed by atoms with Crippen molar-refractivity contribution in [3.8, 4) is 0 Å². The van der Waals surface area contributed by atoms with Gasteiger partial charge in [0.05, 0.1) is 15.5 Å². The summed E-state index contributed by atoms with van der Waals surface area (Å²) in [6, 6.07) is 8.37. The van der Waals surface area contributed by atoms with Gasteiger partial charge in [0, 0.05) is 37.7 Å². The number of benzene rings is 2. The van der Waals surface area contributed by atoms with Gasteiger partial charge in [0.25, 0.3) is 5.91 Å². The summed E-state index contributed by atoms with van der Waals surface area (Å²) in [5.41, 5.74) is 0.357. The monoisotopic (exact) mass is 462 g/mol. The van der Waals surface area contributed by atoms with Gasteiger partial charge in [-0.25, -0.2) is 17.1 Å². The molecule has 2 rings (SSSR count). The van der Waals surface area contributed by atoms with Crippen molar-refractivity contribution < 1.29 is 17.6 Å². The number of halogens is 3. The molecule has 2 aromatic carbocycles. The summed E-state index contributed by atoms with van der Waals surface area (Å²) in [5.74, 6) is -0.951. The van der Waals surface area contributed by atoms with E-state index in [-0.39, 0.29) is 22.0 Å². The Kier molecular flexibility index (Phi) is 6.44. The lowest BCUT2D eigenvalue weighted by atomic mass is 10.1. The molecular weight excluding hydrogens is 447 g/mol. The van der Waals surface area contributed by atoms with E-state index in [1.807, 2.05) is 0 Å². The van der Waals surface area contributed by atoms with Crippen LogP contribution in [0.25, 0.3) is 0 Å². The number of amides is 1. The number of hydrogen-bond acceptors (Lipinski definition) is 3. The van der Waals surface area contributed by atoms with Crippen molar-refractivity contribution in [1.82, 2.24) is 9.21 Å². The summed E-state index contributed by atoms with van der Waals surface area (Å²) < 4.78 is 40.2. The Morgan fingerprint density at radius 2 is 1.81 bits per heavy atom. The third kappa shape index (κ3) is 4.43. The van der Waals surface area contributed by atoms with Gasteiger partial charge in [0.2, 0.25) is 10.0 Å². The first-order valence-corrected chi connectivity index (χ1v) is 10.1. The van der Waals surface area contributed by atoms with Crippen LogP contribution < -0.4 is 0 Å². The van der Waals surface area contributed by atoms with Crippen molar-refractivity contribution in [2.45, 2.75) is 11.4 Å². The fourth-order valence-corrected chi connectivity index (χ4v) is 3.77. The first kappa shape index (κ1) is 20.8. The molecule has 1 amide bonds. The minimum Gasteiger partial charge on any atom is -0.337 e. The van der Waals surface area contributed by atoms with Crippen molar-refractivity contribution in [2.75, 3.05) is 21.1 Å². The van der Waals surface area contributed by atoms with Crippen LogP contribution in [-0.2, 0) is 16.6 Å². The van der Waals surface area contributed by atoms with Crippen molar-refractivity contribution in [1.29, 1.82) is 0 Å². The highest BCUT2D eigenvalue weighted by Gasteiger charge is 2.22. The van der Waals surface area contributed by atoms with Crippen LogP contribution in [0.2, 0.25) is 5.02 Å². The molecule has 2 aromatic rings. The summed E-state index contributed by atoms with van der Waals surface area (Å²) >= 11 is 9.35. The Morgan fingerprint density at radius 3 is 2.42 bits per heavy atom. The Bertz CT molecular complexity index is 951. The first-order chi connectivity index (χ1) is 12.0. The average molecular weight is 464 g/mol. The molecule has 0 atom stereocenters. The average Bonchev–Trinajstić information content (AvgIpc) is 2.57. The van der Waals surface area contributed by atoms with Gasteiger partial charge in [-0.1, -0.05) is 27.5 Å². The highest BCUT2D eigenvalue weighted by molar-refractivity contribution is 9.10. The van der Waals surface area contributed by atoms with Gasteiger partial charge in [-0.05, 0) is 36.4 Å². The van der Waals surface area contributed by atoms with E-state index in [1.54, 1.807) is 12.1 Å². The van der Waals surface area contributed by atoms with Gasteiger partial charge in [-0.15, -0.1) is 0 Å². The zero-order valence-corrected chi connectivity index (χ0v) is 17.5. The number of carbonyl (C=O) groups is 1. The van der Waals surface area contributed by atoms with Gasteiger partial charge < -0.3 is 4.90 Å². The predicted octanol–water partition coefficient (Wildman–Crippen LogP) is 3.76. The lowest BCUT2D eigenvalue weighted by Gasteiger charge is -2.19. The largest absolute Gasteiger partial charge is 0.337 e. The molecule has 0 heterocycles. The van der Waals surface area contributed by atoms with E-state index in [9.17, 15) is 17.6 Å². The van der Waals surface area contributed by atoms with E-state index >= 15 is 0 Å². The number of nitrogens with zero attached hydrogens (tertiary/aromatic N) is 2. The highest BCUT2D eigenvalue weighted by atomic mass is 79.9. The minimum atomic E-state index is -3.71. The van der Waals surface area contributed by atoms with E-state index in [4.69, 9.17) is 11.6 Å². The summed E-state index contributed by atoms with van der Waals surface area (Å²) in [7, 11) is 0.576. The Balaban J connectivity index is 2.35. The van der Waals surface area contributed by atoms with Crippen LogP contribution in [0.4, 0.5) is 4.39 Å². The summed E-state index contributed by atoms with van der Waals surface area (Å²) in [6.07, 6.45) is 0. The van der Waals surface area contributed by atoms with Crippen LogP contribution in [0, 0.1) is 5.82 Å². The molecule has 26 heavy (non-hydrogen) atoms. The lowest BCUT2D eigenvalue weighted by molar-refractivity contribution is 0.0783. The quantitative estimate of drug-likeness (QED) is 0.678. The van der Waals surface area contributed by atoms with Gasteiger partial charge in [-0.2, -0.15) is 0 Å². The number of rotatable bonds is 5. The molecule has 0 saturated heterocycles. The zero-order valence-electron chi connectivity index (χ0n) is 14.3. The maximum atomic E-state index is 13.9. The molecule has 0 unspecified atom stereocenters. The number of hydrogen-bond donors (Lipinski definition) is 0. The molecule has 9 heteroatoms. The SMILES string of the molecule is CN(Cc1cc(Br)ccc1F)C(=O)c1cc(S(=O)(=O)N(C)C)ccc1Cl. The van der Waals surface area contributed by atoms with Crippen LogP contribution in [0.5, 0.6) is 0 Å². The molecule has 0 fully saturated rings. The maximum Gasteiger partial charge on any atom is 0.255 e. The molecule has 0 saturated carbocycles. The van der Waals surface area contributed by atoms with E-state index in [0.29, 0.717) is 10.0 Å². The zero-order chi connectivity index (χ0) is 19.6. The third-order valence-corrected chi connectivity index (χ3v) is 6.34. The molecule has 0 bridgehead atoms. The second-order valence-corrected chi connectivity index (χ2v) is 9.30. The third-order valence-electron chi connectivity index (χ3n) is 3.71. The van der Waals surface area contributed by atoms with Crippen molar-refractivity contribution in [3.63, 3.8) is 0 Å². The fourth-order valence-electron chi connectivity index (χ4n) is 2.24.